The number of esters is 2. The third-order valence-corrected chi connectivity index (χ3v) is 6.65. The van der Waals surface area contributed by atoms with Crippen LogP contribution in [-0.2, 0) is 21.6 Å². The third-order valence-electron chi connectivity index (χ3n) is 6.65. The summed E-state index contributed by atoms with van der Waals surface area (Å²) in [7, 11) is 0. The molecule has 0 bridgehead atoms. The predicted molar refractivity (Wildman–Crippen MR) is 122 cm³/mol. The molecule has 0 aromatic heterocycles. The molecule has 0 saturated heterocycles. The molecule has 0 aliphatic heterocycles. The molecule has 1 unspecified atom stereocenters. The second-order valence-corrected chi connectivity index (χ2v) is 9.86. The van der Waals surface area contributed by atoms with Crippen LogP contribution < -0.4 is 4.74 Å². The highest BCUT2D eigenvalue weighted by molar-refractivity contribution is 5.90. The van der Waals surface area contributed by atoms with Gasteiger partial charge in [-0.15, -0.1) is 0 Å². The van der Waals surface area contributed by atoms with Gasteiger partial charge >= 0.3 is 11.9 Å². The molecule has 31 heavy (non-hydrogen) atoms. The lowest BCUT2D eigenvalue weighted by atomic mass is 9.73. The van der Waals surface area contributed by atoms with Gasteiger partial charge in [0.1, 0.15) is 11.4 Å². The minimum atomic E-state index is -0.616. The van der Waals surface area contributed by atoms with Crippen LogP contribution in [-0.4, -0.2) is 11.9 Å². The fourth-order valence-electron chi connectivity index (χ4n) is 4.42. The molecule has 1 aliphatic carbocycles. The zero-order chi connectivity index (χ0) is 22.8. The van der Waals surface area contributed by atoms with Gasteiger partial charge in [0.05, 0.1) is 11.0 Å². The van der Waals surface area contributed by atoms with Crippen LogP contribution in [0.4, 0.5) is 0 Å². The molecule has 4 heteroatoms. The Bertz CT molecular complexity index is 944. The normalized spacial score (nSPS) is 19.7. The highest BCUT2D eigenvalue weighted by atomic mass is 16.6. The van der Waals surface area contributed by atoms with E-state index < -0.39 is 11.0 Å². The minimum Gasteiger partial charge on any atom is -0.451 e. The summed E-state index contributed by atoms with van der Waals surface area (Å²) in [5, 5.41) is 0. The van der Waals surface area contributed by atoms with Crippen LogP contribution in [0.5, 0.6) is 5.75 Å². The summed E-state index contributed by atoms with van der Waals surface area (Å²) in [5.74, 6) is 0.381. The van der Waals surface area contributed by atoms with E-state index in [2.05, 4.69) is 19.9 Å². The van der Waals surface area contributed by atoms with E-state index in [1.165, 1.54) is 5.56 Å². The molecule has 2 aromatic rings. The number of aryl methyl sites for hydroxylation is 1. The average Bonchev–Trinajstić information content (AvgIpc) is 3.04. The molecule has 0 heterocycles. The van der Waals surface area contributed by atoms with E-state index in [4.69, 9.17) is 9.47 Å². The predicted octanol–water partition coefficient (Wildman–Crippen LogP) is 6.32. The van der Waals surface area contributed by atoms with Crippen LogP contribution in [0.2, 0.25) is 0 Å². The maximum absolute atomic E-state index is 12.9. The van der Waals surface area contributed by atoms with Gasteiger partial charge in [0.15, 0.2) is 0 Å². The zero-order valence-corrected chi connectivity index (χ0v) is 19.5. The van der Waals surface area contributed by atoms with Gasteiger partial charge in [-0.2, -0.15) is 0 Å². The van der Waals surface area contributed by atoms with E-state index in [1.807, 2.05) is 45.9 Å². The highest BCUT2D eigenvalue weighted by Crippen LogP contribution is 2.40. The van der Waals surface area contributed by atoms with E-state index in [0.717, 1.165) is 24.8 Å². The van der Waals surface area contributed by atoms with Crippen molar-refractivity contribution in [2.24, 2.45) is 17.3 Å². The lowest BCUT2D eigenvalue weighted by Gasteiger charge is -2.32. The van der Waals surface area contributed by atoms with Crippen LogP contribution >= 0.6 is 0 Å². The van der Waals surface area contributed by atoms with Crippen molar-refractivity contribution in [3.8, 4) is 5.75 Å². The van der Waals surface area contributed by atoms with Crippen molar-refractivity contribution in [1.82, 2.24) is 0 Å². The Labute approximate surface area is 186 Å². The van der Waals surface area contributed by atoms with Crippen molar-refractivity contribution in [3.05, 3.63) is 65.2 Å². The lowest BCUT2D eigenvalue weighted by Crippen LogP contribution is -2.38. The molecule has 2 aromatic carbocycles. The first-order chi connectivity index (χ1) is 14.5. The van der Waals surface area contributed by atoms with Gasteiger partial charge in [-0.1, -0.05) is 52.0 Å². The van der Waals surface area contributed by atoms with E-state index in [9.17, 15) is 9.59 Å². The molecule has 4 nitrogen and oxygen atoms in total. The fraction of sp³-hybridized carbons (Fsp3) is 0.481. The Morgan fingerprint density at radius 2 is 1.68 bits per heavy atom. The van der Waals surface area contributed by atoms with Crippen molar-refractivity contribution in [2.75, 3.05) is 0 Å². The van der Waals surface area contributed by atoms with Crippen molar-refractivity contribution in [2.45, 2.75) is 66.4 Å². The summed E-state index contributed by atoms with van der Waals surface area (Å²) in [5.41, 5.74) is 1.58. The molecule has 2 atom stereocenters. The molecule has 0 saturated carbocycles. The summed E-state index contributed by atoms with van der Waals surface area (Å²) in [6, 6.07) is 14.7. The molecular weight excluding hydrogens is 388 g/mol. The Balaban J connectivity index is 1.69. The number of carbonyl (C=O) groups is 2. The number of hydrogen-bond acceptors (Lipinski definition) is 4. The van der Waals surface area contributed by atoms with Crippen LogP contribution in [0, 0.1) is 17.3 Å². The van der Waals surface area contributed by atoms with E-state index in [-0.39, 0.29) is 17.9 Å². The molecule has 166 valence electrons. The van der Waals surface area contributed by atoms with Gasteiger partial charge in [0.2, 0.25) is 0 Å². The third kappa shape index (κ3) is 4.84. The van der Waals surface area contributed by atoms with E-state index >= 15 is 0 Å². The van der Waals surface area contributed by atoms with Gasteiger partial charge in [0, 0.05) is 0 Å². The maximum Gasteiger partial charge on any atom is 0.339 e. The van der Waals surface area contributed by atoms with Gasteiger partial charge < -0.3 is 9.47 Å². The summed E-state index contributed by atoms with van der Waals surface area (Å²) >= 11 is 0. The minimum absolute atomic E-state index is 0.159. The SMILES string of the molecule is CC(C)CC(C)(C(=O)Oc1ccc(C(=O)O[C@@]2(C)CCc3ccccc32)cc1)C(C)C. The summed E-state index contributed by atoms with van der Waals surface area (Å²) in [6.45, 7) is 12.2. The van der Waals surface area contributed by atoms with Crippen molar-refractivity contribution in [3.63, 3.8) is 0 Å². The fourth-order valence-corrected chi connectivity index (χ4v) is 4.42. The molecule has 0 amide bonds. The van der Waals surface area contributed by atoms with Crippen LogP contribution in [0.15, 0.2) is 48.5 Å². The number of hydrogen-bond donors (Lipinski definition) is 0. The lowest BCUT2D eigenvalue weighted by molar-refractivity contribution is -0.148. The molecule has 3 rings (SSSR count). The van der Waals surface area contributed by atoms with Crippen molar-refractivity contribution in [1.29, 1.82) is 0 Å². The van der Waals surface area contributed by atoms with Gasteiger partial charge in [-0.05, 0) is 80.3 Å². The van der Waals surface area contributed by atoms with Crippen LogP contribution in [0.1, 0.15) is 75.9 Å². The first-order valence-corrected chi connectivity index (χ1v) is 11.2. The Kier molecular flexibility index (Phi) is 6.59. The molecular formula is C27H34O4. The molecule has 0 radical (unpaired) electrons. The Hall–Kier alpha value is -2.62. The summed E-state index contributed by atoms with van der Waals surface area (Å²) in [4.78, 5) is 25.7. The average molecular weight is 423 g/mol. The second-order valence-electron chi connectivity index (χ2n) is 9.86. The topological polar surface area (TPSA) is 52.6 Å². The Morgan fingerprint density at radius 3 is 2.29 bits per heavy atom. The maximum atomic E-state index is 12.9. The van der Waals surface area contributed by atoms with Gasteiger partial charge in [-0.25, -0.2) is 4.79 Å². The molecule has 0 spiro atoms. The largest absolute Gasteiger partial charge is 0.451 e. The molecule has 1 aliphatic rings. The number of fused-ring (bicyclic) bond motifs is 1. The molecule has 0 fully saturated rings. The Morgan fingerprint density at radius 1 is 1.03 bits per heavy atom. The van der Waals surface area contributed by atoms with Crippen LogP contribution in [0.3, 0.4) is 0 Å². The standard InChI is InChI=1S/C27H34O4/c1-18(2)17-26(5,19(3)4)25(29)30-22-13-11-21(12-14-22)24(28)31-27(6)16-15-20-9-7-8-10-23(20)27/h7-14,18-19H,15-17H2,1-6H3/t26?,27-/m0/s1. The monoisotopic (exact) mass is 422 g/mol. The summed E-state index contributed by atoms with van der Waals surface area (Å²) < 4.78 is 11.6. The first kappa shape index (κ1) is 23.1. The quantitative estimate of drug-likeness (QED) is 0.387. The number of rotatable bonds is 7. The van der Waals surface area contributed by atoms with Crippen molar-refractivity contribution >= 4 is 11.9 Å². The van der Waals surface area contributed by atoms with E-state index in [1.54, 1.807) is 24.3 Å². The highest BCUT2D eigenvalue weighted by Gasteiger charge is 2.39. The number of ether oxygens (including phenoxy) is 2. The molecule has 0 N–H and O–H groups in total. The second kappa shape index (κ2) is 8.86. The van der Waals surface area contributed by atoms with Crippen LogP contribution in [0.25, 0.3) is 0 Å². The summed E-state index contributed by atoms with van der Waals surface area (Å²) in [6.07, 6.45) is 2.44. The zero-order valence-electron chi connectivity index (χ0n) is 19.5. The number of benzene rings is 2. The van der Waals surface area contributed by atoms with Gasteiger partial charge in [-0.3, -0.25) is 4.79 Å². The van der Waals surface area contributed by atoms with E-state index in [0.29, 0.717) is 17.2 Å². The first-order valence-electron chi connectivity index (χ1n) is 11.2. The van der Waals surface area contributed by atoms with Gasteiger partial charge in [0.25, 0.3) is 0 Å². The smallest absolute Gasteiger partial charge is 0.339 e. The number of carbonyl (C=O) groups excluding carboxylic acids is 2. The van der Waals surface area contributed by atoms with Crippen molar-refractivity contribution < 1.29 is 19.1 Å².